The van der Waals surface area contributed by atoms with Crippen LogP contribution in [0.15, 0.2) is 48.1 Å². The largest absolute Gasteiger partial charge is 0.310 e. The number of aryl methyl sites for hydroxylation is 1. The van der Waals surface area contributed by atoms with E-state index in [2.05, 4.69) is 45.6 Å². The van der Waals surface area contributed by atoms with Crippen molar-refractivity contribution < 1.29 is 0 Å². The maximum atomic E-state index is 9.18. The van der Waals surface area contributed by atoms with Crippen LogP contribution in [-0.2, 0) is 0 Å². The first-order valence-corrected chi connectivity index (χ1v) is 10.0. The summed E-state index contributed by atoms with van der Waals surface area (Å²) in [5.74, 6) is 0.548. The van der Waals surface area contributed by atoms with Gasteiger partial charge in [-0.3, -0.25) is 0 Å². The highest BCUT2D eigenvalue weighted by Gasteiger charge is 2.25. The summed E-state index contributed by atoms with van der Waals surface area (Å²) in [5.41, 5.74) is 7.58. The summed E-state index contributed by atoms with van der Waals surface area (Å²) >= 11 is 0. The summed E-state index contributed by atoms with van der Waals surface area (Å²) < 4.78 is 0. The smallest absolute Gasteiger partial charge is 0.0991 e. The first-order valence-electron chi connectivity index (χ1n) is 10.0. The molecule has 27 heavy (non-hydrogen) atoms. The van der Waals surface area contributed by atoms with E-state index in [0.29, 0.717) is 11.5 Å². The predicted octanol–water partition coefficient (Wildman–Crippen LogP) is 7.25. The molecule has 2 unspecified atom stereocenters. The zero-order valence-electron chi connectivity index (χ0n) is 17.8. The van der Waals surface area contributed by atoms with Gasteiger partial charge in [-0.25, -0.2) is 0 Å². The van der Waals surface area contributed by atoms with E-state index in [1.807, 2.05) is 39.0 Å². The van der Waals surface area contributed by atoms with Gasteiger partial charge in [-0.2, -0.15) is 5.26 Å². The van der Waals surface area contributed by atoms with E-state index < -0.39 is 0 Å². The summed E-state index contributed by atoms with van der Waals surface area (Å²) in [5, 5.41) is 17.3. The van der Waals surface area contributed by atoms with E-state index in [1.54, 1.807) is 0 Å². The van der Waals surface area contributed by atoms with Crippen molar-refractivity contribution in [2.24, 2.45) is 11.8 Å². The maximum Gasteiger partial charge on any atom is 0.0991 e. The number of hydrogen-bond acceptors (Lipinski definition) is 2. The fourth-order valence-corrected chi connectivity index (χ4v) is 3.38. The second-order valence-electron chi connectivity index (χ2n) is 7.11. The quantitative estimate of drug-likeness (QED) is 0.403. The first-order chi connectivity index (χ1) is 12.9. The lowest BCUT2D eigenvalue weighted by atomic mass is 9.79. The molecule has 1 aliphatic carbocycles. The molecule has 2 heteroatoms. The topological polar surface area (TPSA) is 47.6 Å². The van der Waals surface area contributed by atoms with Crippen molar-refractivity contribution in [1.29, 1.82) is 10.7 Å². The summed E-state index contributed by atoms with van der Waals surface area (Å²) in [6.45, 7) is 16.5. The third-order valence-corrected chi connectivity index (χ3v) is 5.35. The lowest BCUT2D eigenvalue weighted by molar-refractivity contribution is 0.493. The van der Waals surface area contributed by atoms with Crippen molar-refractivity contribution in [3.8, 4) is 6.07 Å². The molecule has 2 rings (SSSR count). The molecule has 0 aromatic heterocycles. The Bertz CT molecular complexity index is 787. The van der Waals surface area contributed by atoms with Gasteiger partial charge in [0.2, 0.25) is 0 Å². The van der Waals surface area contributed by atoms with Crippen molar-refractivity contribution in [3.63, 3.8) is 0 Å². The lowest BCUT2D eigenvalue weighted by Gasteiger charge is -2.26. The molecule has 2 atom stereocenters. The fraction of sp³-hybridized carbons (Fsp3) is 0.440. The number of nitrogens with zero attached hydrogens (tertiary/aromatic N) is 1. The van der Waals surface area contributed by atoms with Crippen LogP contribution in [0.4, 0.5) is 0 Å². The van der Waals surface area contributed by atoms with E-state index in [0.717, 1.165) is 30.5 Å². The molecule has 0 bridgehead atoms. The standard InChI is InChI=1S/C23H28N2.C2H6/c1-6-15(2)11-23(17(4)18(5)25)21-10-9-20(13-21)22-12-19(14-24)8-7-16(22)3;1-2/h7-9,12-13,17,23,25H,2,6,10-11H2,1,3-5H3;1-2H3. The summed E-state index contributed by atoms with van der Waals surface area (Å²) in [6.07, 6.45) is 7.38. The molecular formula is C25H34N2. The second kappa shape index (κ2) is 10.7. The van der Waals surface area contributed by atoms with Crippen LogP contribution in [0.3, 0.4) is 0 Å². The Morgan fingerprint density at radius 3 is 2.56 bits per heavy atom. The SMILES string of the molecule is C=C(CC)CC(C1=CC(c2cc(C#N)ccc2C)=CC1)C(C)C(C)=N.CC. The highest BCUT2D eigenvalue weighted by molar-refractivity contribution is 5.83. The van der Waals surface area contributed by atoms with Crippen LogP contribution in [0.5, 0.6) is 0 Å². The number of nitriles is 1. The minimum Gasteiger partial charge on any atom is -0.310 e. The van der Waals surface area contributed by atoms with Crippen molar-refractivity contribution >= 4 is 11.3 Å². The Labute approximate surface area is 165 Å². The second-order valence-corrected chi connectivity index (χ2v) is 7.11. The molecule has 0 fully saturated rings. The van der Waals surface area contributed by atoms with Crippen LogP contribution in [0, 0.1) is 35.5 Å². The Kier molecular flexibility index (Phi) is 8.95. The monoisotopic (exact) mass is 362 g/mol. The lowest BCUT2D eigenvalue weighted by Crippen LogP contribution is -2.20. The predicted molar refractivity (Wildman–Crippen MR) is 118 cm³/mol. The summed E-state index contributed by atoms with van der Waals surface area (Å²) in [4.78, 5) is 0. The molecule has 2 nitrogen and oxygen atoms in total. The van der Waals surface area contributed by atoms with Gasteiger partial charge in [0, 0.05) is 11.6 Å². The van der Waals surface area contributed by atoms with E-state index in [-0.39, 0.29) is 5.92 Å². The van der Waals surface area contributed by atoms with Crippen LogP contribution in [0.25, 0.3) is 5.57 Å². The van der Waals surface area contributed by atoms with Gasteiger partial charge < -0.3 is 5.41 Å². The van der Waals surface area contributed by atoms with E-state index >= 15 is 0 Å². The van der Waals surface area contributed by atoms with E-state index in [4.69, 9.17) is 5.41 Å². The molecule has 1 aliphatic rings. The molecular weight excluding hydrogens is 328 g/mol. The zero-order chi connectivity index (χ0) is 20.6. The number of nitrogens with one attached hydrogen (secondary N) is 1. The van der Waals surface area contributed by atoms with E-state index in [1.165, 1.54) is 22.3 Å². The van der Waals surface area contributed by atoms with Gasteiger partial charge in [0.15, 0.2) is 0 Å². The highest BCUT2D eigenvalue weighted by Crippen LogP contribution is 2.38. The van der Waals surface area contributed by atoms with Crippen molar-refractivity contribution in [1.82, 2.24) is 0 Å². The molecule has 1 aromatic rings. The molecule has 0 heterocycles. The molecule has 1 aromatic carbocycles. The van der Waals surface area contributed by atoms with Gasteiger partial charge >= 0.3 is 0 Å². The Balaban J connectivity index is 0.00000176. The van der Waals surface area contributed by atoms with Gasteiger partial charge in [-0.05, 0) is 67.9 Å². The average molecular weight is 363 g/mol. The Morgan fingerprint density at radius 1 is 1.33 bits per heavy atom. The molecule has 0 saturated heterocycles. The summed E-state index contributed by atoms with van der Waals surface area (Å²) in [7, 11) is 0. The number of allylic oxidation sites excluding steroid dienone is 5. The third-order valence-electron chi connectivity index (χ3n) is 5.35. The van der Waals surface area contributed by atoms with Crippen LogP contribution in [0.2, 0.25) is 0 Å². The van der Waals surface area contributed by atoms with Crippen LogP contribution in [-0.4, -0.2) is 5.71 Å². The molecule has 0 saturated carbocycles. The van der Waals surface area contributed by atoms with Crippen molar-refractivity contribution in [2.45, 2.75) is 60.8 Å². The third kappa shape index (κ3) is 5.79. The van der Waals surface area contributed by atoms with Crippen molar-refractivity contribution in [2.75, 3.05) is 0 Å². The number of benzene rings is 1. The van der Waals surface area contributed by atoms with Crippen LogP contribution in [0.1, 0.15) is 70.6 Å². The van der Waals surface area contributed by atoms with Gasteiger partial charge in [-0.1, -0.05) is 63.6 Å². The molecule has 0 aliphatic heterocycles. The Morgan fingerprint density at radius 2 is 2.00 bits per heavy atom. The van der Waals surface area contributed by atoms with Gasteiger partial charge in [0.1, 0.15) is 0 Å². The maximum absolute atomic E-state index is 9.18. The number of rotatable bonds is 7. The molecule has 0 amide bonds. The average Bonchev–Trinajstić information content (AvgIpc) is 3.16. The fourth-order valence-electron chi connectivity index (χ4n) is 3.38. The van der Waals surface area contributed by atoms with Crippen molar-refractivity contribution in [3.05, 3.63) is 64.8 Å². The summed E-state index contributed by atoms with van der Waals surface area (Å²) in [6, 6.07) is 8.09. The molecule has 0 radical (unpaired) electrons. The number of hydrogen-bond donors (Lipinski definition) is 1. The first kappa shape index (κ1) is 22.6. The van der Waals surface area contributed by atoms with Gasteiger partial charge in [0.25, 0.3) is 0 Å². The minimum absolute atomic E-state index is 0.217. The Hall–Kier alpha value is -2.40. The normalized spacial score (nSPS) is 14.9. The molecule has 1 N–H and O–H groups in total. The molecule has 0 spiro atoms. The van der Waals surface area contributed by atoms with Crippen LogP contribution < -0.4 is 0 Å². The van der Waals surface area contributed by atoms with Gasteiger partial charge in [-0.15, -0.1) is 0 Å². The highest BCUT2D eigenvalue weighted by atomic mass is 14.4. The molecule has 144 valence electrons. The van der Waals surface area contributed by atoms with Gasteiger partial charge in [0.05, 0.1) is 11.6 Å². The van der Waals surface area contributed by atoms with Crippen LogP contribution >= 0.6 is 0 Å². The zero-order valence-corrected chi connectivity index (χ0v) is 17.8. The minimum atomic E-state index is 0.217. The van der Waals surface area contributed by atoms with E-state index in [9.17, 15) is 5.26 Å².